The summed E-state index contributed by atoms with van der Waals surface area (Å²) in [5.74, 6) is 0.609. The van der Waals surface area contributed by atoms with Crippen LogP contribution in [-0.4, -0.2) is 48.7 Å². The summed E-state index contributed by atoms with van der Waals surface area (Å²) in [6.45, 7) is 4.98. The summed E-state index contributed by atoms with van der Waals surface area (Å²) >= 11 is 1.48. The standard InChI is InChI=1S/C26H27N3O4S/c1-3-15-33-26(31)29-13-11-19(12-14-29)25-28-23(17-34-25)24(30)27-22-16-20(32-2)9-10-21(22)18-7-5-4-6-8-18/h3-10,16-17,19H,1,11-15H2,2H3,(H,27,30). The van der Waals surface area contributed by atoms with Crippen LogP contribution < -0.4 is 10.1 Å². The van der Waals surface area contributed by atoms with Crippen LogP contribution in [0.25, 0.3) is 11.1 Å². The first-order chi connectivity index (χ1) is 16.6. The molecule has 0 atom stereocenters. The van der Waals surface area contributed by atoms with Crippen LogP contribution in [0.1, 0.15) is 34.3 Å². The van der Waals surface area contributed by atoms with Crippen molar-refractivity contribution in [3.05, 3.63) is 77.3 Å². The molecule has 2 heterocycles. The fourth-order valence-electron chi connectivity index (χ4n) is 3.92. The Hall–Kier alpha value is -3.65. The zero-order valence-corrected chi connectivity index (χ0v) is 19.8. The number of piperidine rings is 1. The summed E-state index contributed by atoms with van der Waals surface area (Å²) < 4.78 is 10.5. The molecule has 176 valence electrons. The first kappa shape index (κ1) is 23.5. The largest absolute Gasteiger partial charge is 0.497 e. The van der Waals surface area contributed by atoms with Crippen molar-refractivity contribution in [2.45, 2.75) is 18.8 Å². The van der Waals surface area contributed by atoms with E-state index in [9.17, 15) is 9.59 Å². The van der Waals surface area contributed by atoms with Crippen LogP contribution in [0.2, 0.25) is 0 Å². The molecule has 2 amide bonds. The molecule has 2 aromatic carbocycles. The number of benzene rings is 2. The van der Waals surface area contributed by atoms with Crippen molar-refractivity contribution < 1.29 is 19.1 Å². The summed E-state index contributed by atoms with van der Waals surface area (Å²) in [6, 6.07) is 15.5. The molecule has 0 bridgehead atoms. The lowest BCUT2D eigenvalue weighted by molar-refractivity contribution is 0.102. The molecule has 3 aromatic rings. The Morgan fingerprint density at radius 2 is 1.97 bits per heavy atom. The smallest absolute Gasteiger partial charge is 0.410 e. The number of ether oxygens (including phenoxy) is 2. The minimum absolute atomic E-state index is 0.211. The number of anilines is 1. The molecule has 0 radical (unpaired) electrons. The molecule has 0 unspecified atom stereocenters. The van der Waals surface area contributed by atoms with Gasteiger partial charge < -0.3 is 19.7 Å². The number of hydrogen-bond donors (Lipinski definition) is 1. The van der Waals surface area contributed by atoms with E-state index in [0.29, 0.717) is 30.2 Å². The van der Waals surface area contributed by atoms with Crippen LogP contribution in [0.3, 0.4) is 0 Å². The summed E-state index contributed by atoms with van der Waals surface area (Å²) in [4.78, 5) is 31.4. The van der Waals surface area contributed by atoms with E-state index in [1.807, 2.05) is 48.5 Å². The zero-order chi connectivity index (χ0) is 23.9. The van der Waals surface area contributed by atoms with Crippen LogP contribution in [0.15, 0.2) is 66.6 Å². The number of rotatable bonds is 7. The second-order valence-corrected chi connectivity index (χ2v) is 8.82. The normalized spacial score (nSPS) is 13.9. The first-order valence-corrected chi connectivity index (χ1v) is 12.0. The Morgan fingerprint density at radius 3 is 2.68 bits per heavy atom. The second kappa shape index (κ2) is 11.0. The number of hydrogen-bond acceptors (Lipinski definition) is 6. The summed E-state index contributed by atoms with van der Waals surface area (Å²) in [5, 5.41) is 5.71. The number of aromatic nitrogens is 1. The molecule has 1 fully saturated rings. The molecule has 0 aliphatic carbocycles. The van der Waals surface area contributed by atoms with E-state index >= 15 is 0 Å². The Kier molecular flexibility index (Phi) is 7.59. The van der Waals surface area contributed by atoms with Gasteiger partial charge in [-0.3, -0.25) is 4.79 Å². The molecular weight excluding hydrogens is 450 g/mol. The lowest BCUT2D eigenvalue weighted by atomic mass is 9.98. The van der Waals surface area contributed by atoms with Gasteiger partial charge >= 0.3 is 6.09 Å². The van der Waals surface area contributed by atoms with Crippen molar-refractivity contribution in [1.82, 2.24) is 9.88 Å². The van der Waals surface area contributed by atoms with Gasteiger partial charge in [0.05, 0.1) is 17.8 Å². The van der Waals surface area contributed by atoms with Gasteiger partial charge in [-0.05, 0) is 30.5 Å². The van der Waals surface area contributed by atoms with Gasteiger partial charge in [-0.2, -0.15) is 0 Å². The molecule has 8 heteroatoms. The van der Waals surface area contributed by atoms with Gasteiger partial charge in [0.15, 0.2) is 0 Å². The molecular formula is C26H27N3O4S. The second-order valence-electron chi connectivity index (χ2n) is 7.93. The number of nitrogens with zero attached hydrogens (tertiary/aromatic N) is 2. The Morgan fingerprint density at radius 1 is 1.21 bits per heavy atom. The van der Waals surface area contributed by atoms with Gasteiger partial charge in [0.1, 0.15) is 18.1 Å². The first-order valence-electron chi connectivity index (χ1n) is 11.1. The maximum Gasteiger partial charge on any atom is 0.410 e. The fraction of sp³-hybridized carbons (Fsp3) is 0.269. The average molecular weight is 478 g/mol. The van der Waals surface area contributed by atoms with Crippen LogP contribution in [0.4, 0.5) is 10.5 Å². The highest BCUT2D eigenvalue weighted by atomic mass is 32.1. The number of amides is 2. The number of methoxy groups -OCH3 is 1. The van der Waals surface area contributed by atoms with Crippen LogP contribution in [0.5, 0.6) is 5.75 Å². The maximum absolute atomic E-state index is 13.0. The Labute approximate surface area is 203 Å². The molecule has 1 saturated heterocycles. The molecule has 1 aliphatic heterocycles. The maximum atomic E-state index is 13.0. The third-order valence-electron chi connectivity index (χ3n) is 5.74. The van der Waals surface area contributed by atoms with Crippen molar-refractivity contribution in [2.75, 3.05) is 32.1 Å². The van der Waals surface area contributed by atoms with E-state index in [1.165, 1.54) is 11.3 Å². The van der Waals surface area contributed by atoms with Gasteiger partial charge in [-0.1, -0.05) is 43.0 Å². The molecule has 0 spiro atoms. The third kappa shape index (κ3) is 5.46. The molecule has 34 heavy (non-hydrogen) atoms. The molecule has 7 nitrogen and oxygen atoms in total. The number of carbonyl (C=O) groups excluding carboxylic acids is 2. The van der Waals surface area contributed by atoms with Gasteiger partial charge in [0.25, 0.3) is 5.91 Å². The van der Waals surface area contributed by atoms with Gasteiger partial charge in [0, 0.05) is 36.0 Å². The summed E-state index contributed by atoms with van der Waals surface area (Å²) in [5.41, 5.74) is 2.95. The SMILES string of the molecule is C=CCOC(=O)N1CCC(c2nc(C(=O)Nc3cc(OC)ccc3-c3ccccc3)cs2)CC1. The highest BCUT2D eigenvalue weighted by molar-refractivity contribution is 7.10. The molecule has 1 aliphatic rings. The van der Waals surface area contributed by atoms with E-state index < -0.39 is 0 Å². The monoisotopic (exact) mass is 477 g/mol. The van der Waals surface area contributed by atoms with Crippen molar-refractivity contribution in [2.24, 2.45) is 0 Å². The fourth-order valence-corrected chi connectivity index (χ4v) is 4.89. The van der Waals surface area contributed by atoms with Crippen LogP contribution in [-0.2, 0) is 4.74 Å². The summed E-state index contributed by atoms with van der Waals surface area (Å²) in [6.07, 6.45) is 2.81. The molecule has 0 saturated carbocycles. The van der Waals surface area contributed by atoms with Gasteiger partial charge in [-0.25, -0.2) is 9.78 Å². The minimum Gasteiger partial charge on any atom is -0.497 e. The molecule has 1 aromatic heterocycles. The lowest BCUT2D eigenvalue weighted by Crippen LogP contribution is -2.38. The topological polar surface area (TPSA) is 80.8 Å². The average Bonchev–Trinajstić information content (AvgIpc) is 3.38. The van der Waals surface area contributed by atoms with E-state index in [2.05, 4.69) is 16.9 Å². The minimum atomic E-state index is -0.315. The zero-order valence-electron chi connectivity index (χ0n) is 19.0. The van der Waals surface area contributed by atoms with Crippen LogP contribution >= 0.6 is 11.3 Å². The van der Waals surface area contributed by atoms with E-state index in [-0.39, 0.29) is 24.5 Å². The van der Waals surface area contributed by atoms with E-state index in [1.54, 1.807) is 23.5 Å². The van der Waals surface area contributed by atoms with Crippen molar-refractivity contribution in [3.8, 4) is 16.9 Å². The number of thiazole rings is 1. The predicted octanol–water partition coefficient (Wildman–Crippen LogP) is 5.57. The van der Waals surface area contributed by atoms with Crippen molar-refractivity contribution in [3.63, 3.8) is 0 Å². The quantitative estimate of drug-likeness (QED) is 0.450. The molecule has 4 rings (SSSR count). The van der Waals surface area contributed by atoms with Crippen LogP contribution in [0, 0.1) is 0 Å². The third-order valence-corrected chi connectivity index (χ3v) is 6.75. The number of likely N-dealkylation sites (tertiary alicyclic amines) is 1. The Bertz CT molecular complexity index is 1150. The summed E-state index contributed by atoms with van der Waals surface area (Å²) in [7, 11) is 1.60. The highest BCUT2D eigenvalue weighted by Crippen LogP contribution is 2.33. The number of nitrogens with one attached hydrogen (secondary N) is 1. The van der Waals surface area contributed by atoms with E-state index in [0.717, 1.165) is 29.0 Å². The lowest BCUT2D eigenvalue weighted by Gasteiger charge is -2.30. The number of carbonyl (C=O) groups is 2. The van der Waals surface area contributed by atoms with Crippen molar-refractivity contribution >= 4 is 29.0 Å². The predicted molar refractivity (Wildman–Crippen MR) is 134 cm³/mol. The van der Waals surface area contributed by atoms with Gasteiger partial charge in [0.2, 0.25) is 0 Å². The van der Waals surface area contributed by atoms with Crippen molar-refractivity contribution in [1.29, 1.82) is 0 Å². The van der Waals surface area contributed by atoms with Gasteiger partial charge in [-0.15, -0.1) is 11.3 Å². The Balaban J connectivity index is 1.44. The van der Waals surface area contributed by atoms with E-state index in [4.69, 9.17) is 9.47 Å². The highest BCUT2D eigenvalue weighted by Gasteiger charge is 2.27. The molecule has 1 N–H and O–H groups in total.